The Balaban J connectivity index is 2.24. The quantitative estimate of drug-likeness (QED) is 0.663. The van der Waals surface area contributed by atoms with Gasteiger partial charge in [0.15, 0.2) is 0 Å². The highest BCUT2D eigenvalue weighted by molar-refractivity contribution is 5.41. The van der Waals surface area contributed by atoms with Gasteiger partial charge in [-0.25, -0.2) is 0 Å². The molecule has 19 heavy (non-hydrogen) atoms. The maximum Gasteiger partial charge on any atom is 0.272 e. The number of furan rings is 1. The summed E-state index contributed by atoms with van der Waals surface area (Å²) in [5.41, 5.74) is 1.24. The van der Waals surface area contributed by atoms with Crippen molar-refractivity contribution >= 4 is 5.69 Å². The molecule has 0 aliphatic heterocycles. The van der Waals surface area contributed by atoms with Crippen LogP contribution in [0.5, 0.6) is 0 Å². The van der Waals surface area contributed by atoms with Crippen LogP contribution in [0.2, 0.25) is 0 Å². The van der Waals surface area contributed by atoms with Crippen molar-refractivity contribution in [3.05, 3.63) is 63.6 Å². The first kappa shape index (κ1) is 13.3. The molecule has 1 aromatic carbocycles. The van der Waals surface area contributed by atoms with Crippen LogP contribution in [0.15, 0.2) is 41.0 Å². The van der Waals surface area contributed by atoms with Crippen molar-refractivity contribution in [3.8, 4) is 0 Å². The lowest BCUT2D eigenvalue weighted by Gasteiger charge is -2.10. The van der Waals surface area contributed by atoms with Crippen molar-refractivity contribution in [1.82, 2.24) is 0 Å². The maximum atomic E-state index is 10.9. The summed E-state index contributed by atoms with van der Waals surface area (Å²) in [4.78, 5) is 10.5. The first-order chi connectivity index (χ1) is 9.13. The second-order valence-corrected chi connectivity index (χ2v) is 4.26. The van der Waals surface area contributed by atoms with E-state index in [0.29, 0.717) is 23.3 Å². The lowest BCUT2D eigenvalue weighted by atomic mass is 10.00. The van der Waals surface area contributed by atoms with Crippen LogP contribution in [0.1, 0.15) is 29.9 Å². The highest BCUT2D eigenvalue weighted by Gasteiger charge is 2.19. The smallest absolute Gasteiger partial charge is 0.272 e. The number of nitro benzene ring substituents is 1. The van der Waals surface area contributed by atoms with Crippen LogP contribution in [0.25, 0.3) is 0 Å². The number of aliphatic hydroxyl groups excluding tert-OH is 1. The first-order valence-corrected chi connectivity index (χ1v) is 6.10. The Kier molecular flexibility index (Phi) is 3.97. The predicted octanol–water partition coefficient (Wildman–Crippen LogP) is 3.03. The van der Waals surface area contributed by atoms with Crippen molar-refractivity contribution in [3.63, 3.8) is 0 Å². The van der Waals surface area contributed by atoms with Crippen LogP contribution < -0.4 is 0 Å². The van der Waals surface area contributed by atoms with Gasteiger partial charge in [-0.1, -0.05) is 25.1 Å². The summed E-state index contributed by atoms with van der Waals surface area (Å²) in [6.07, 6.45) is 1.60. The number of aryl methyl sites for hydroxylation is 1. The molecule has 2 rings (SSSR count). The van der Waals surface area contributed by atoms with Gasteiger partial charge in [-0.15, -0.1) is 0 Å². The molecule has 1 N–H and O–H groups in total. The molecule has 1 unspecified atom stereocenters. The minimum Gasteiger partial charge on any atom is -0.469 e. The maximum absolute atomic E-state index is 10.9. The van der Waals surface area contributed by atoms with Gasteiger partial charge < -0.3 is 9.52 Å². The second kappa shape index (κ2) is 5.67. The topological polar surface area (TPSA) is 76.5 Å². The molecule has 0 fully saturated rings. The van der Waals surface area contributed by atoms with Gasteiger partial charge >= 0.3 is 0 Å². The third-order valence-electron chi connectivity index (χ3n) is 3.06. The Labute approximate surface area is 110 Å². The van der Waals surface area contributed by atoms with E-state index in [-0.39, 0.29) is 12.1 Å². The number of hydrogen-bond donors (Lipinski definition) is 1. The third kappa shape index (κ3) is 2.82. The molecule has 5 nitrogen and oxygen atoms in total. The summed E-state index contributed by atoms with van der Waals surface area (Å²) < 4.78 is 5.26. The monoisotopic (exact) mass is 261 g/mol. The second-order valence-electron chi connectivity index (χ2n) is 4.26. The molecular weight excluding hydrogens is 246 g/mol. The fraction of sp³-hybridized carbons (Fsp3) is 0.286. The van der Waals surface area contributed by atoms with Crippen LogP contribution in [-0.4, -0.2) is 10.0 Å². The summed E-state index contributed by atoms with van der Waals surface area (Å²) in [5, 5.41) is 21.1. The van der Waals surface area contributed by atoms with Crippen molar-refractivity contribution in [2.45, 2.75) is 25.9 Å². The van der Waals surface area contributed by atoms with Crippen LogP contribution in [0.3, 0.4) is 0 Å². The summed E-state index contributed by atoms with van der Waals surface area (Å²) in [6.45, 7) is 1.93. The highest BCUT2D eigenvalue weighted by atomic mass is 16.6. The van der Waals surface area contributed by atoms with Crippen molar-refractivity contribution in [2.24, 2.45) is 0 Å². The molecule has 0 radical (unpaired) electrons. The first-order valence-electron chi connectivity index (χ1n) is 6.10. The zero-order valence-corrected chi connectivity index (χ0v) is 10.6. The van der Waals surface area contributed by atoms with Gasteiger partial charge in [-0.2, -0.15) is 0 Å². The van der Waals surface area contributed by atoms with Crippen LogP contribution in [0, 0.1) is 10.1 Å². The SMILES string of the molecule is CCc1occc1C(O)Cc1ccccc1[N+](=O)[O-]. The summed E-state index contributed by atoms with van der Waals surface area (Å²) in [5.74, 6) is 0.714. The Hall–Kier alpha value is -2.14. The van der Waals surface area contributed by atoms with Gasteiger partial charge in [0.05, 0.1) is 17.3 Å². The average Bonchev–Trinajstić information content (AvgIpc) is 2.87. The van der Waals surface area contributed by atoms with Gasteiger partial charge in [0, 0.05) is 30.0 Å². The molecule has 0 aliphatic rings. The van der Waals surface area contributed by atoms with E-state index in [2.05, 4.69) is 0 Å². The lowest BCUT2D eigenvalue weighted by Crippen LogP contribution is -2.05. The summed E-state index contributed by atoms with van der Waals surface area (Å²) in [6, 6.07) is 8.15. The standard InChI is InChI=1S/C14H15NO4/c1-2-14-11(7-8-19-14)13(16)9-10-5-3-4-6-12(10)15(17)18/h3-8,13,16H,2,9H2,1H3. The minimum absolute atomic E-state index is 0.0306. The van der Waals surface area contributed by atoms with E-state index < -0.39 is 11.0 Å². The highest BCUT2D eigenvalue weighted by Crippen LogP contribution is 2.27. The molecule has 0 saturated carbocycles. The van der Waals surface area contributed by atoms with Crippen LogP contribution >= 0.6 is 0 Å². The molecule has 0 aliphatic carbocycles. The van der Waals surface area contributed by atoms with E-state index in [9.17, 15) is 15.2 Å². The normalized spacial score (nSPS) is 12.3. The molecule has 0 bridgehead atoms. The van der Waals surface area contributed by atoms with Crippen molar-refractivity contribution < 1.29 is 14.4 Å². The molecule has 0 amide bonds. The zero-order valence-electron chi connectivity index (χ0n) is 10.6. The Morgan fingerprint density at radius 1 is 1.37 bits per heavy atom. The molecule has 5 heteroatoms. The lowest BCUT2D eigenvalue weighted by molar-refractivity contribution is -0.385. The number of aliphatic hydroxyl groups is 1. The molecule has 1 atom stereocenters. The Morgan fingerprint density at radius 2 is 2.11 bits per heavy atom. The van der Waals surface area contributed by atoms with E-state index in [1.807, 2.05) is 6.92 Å². The molecule has 100 valence electrons. The third-order valence-corrected chi connectivity index (χ3v) is 3.06. The molecule has 2 aromatic rings. The largest absolute Gasteiger partial charge is 0.469 e. The van der Waals surface area contributed by atoms with Gasteiger partial charge in [0.1, 0.15) is 5.76 Å². The number of benzene rings is 1. The predicted molar refractivity (Wildman–Crippen MR) is 69.8 cm³/mol. The van der Waals surface area contributed by atoms with Gasteiger partial charge in [-0.05, 0) is 6.07 Å². The van der Waals surface area contributed by atoms with Gasteiger partial charge in [0.25, 0.3) is 5.69 Å². The van der Waals surface area contributed by atoms with E-state index >= 15 is 0 Å². The van der Waals surface area contributed by atoms with Crippen LogP contribution in [0.4, 0.5) is 5.69 Å². The van der Waals surface area contributed by atoms with Gasteiger partial charge in [-0.3, -0.25) is 10.1 Å². The Bertz CT molecular complexity index is 576. The number of nitrogens with zero attached hydrogens (tertiary/aromatic N) is 1. The molecule has 0 spiro atoms. The zero-order chi connectivity index (χ0) is 13.8. The van der Waals surface area contributed by atoms with Crippen LogP contribution in [-0.2, 0) is 12.8 Å². The molecular formula is C14H15NO4. The number of nitro groups is 1. The number of hydrogen-bond acceptors (Lipinski definition) is 4. The minimum atomic E-state index is -0.796. The summed E-state index contributed by atoms with van der Waals surface area (Å²) >= 11 is 0. The average molecular weight is 261 g/mol. The summed E-state index contributed by atoms with van der Waals surface area (Å²) in [7, 11) is 0. The number of rotatable bonds is 5. The van der Waals surface area contributed by atoms with E-state index in [0.717, 1.165) is 0 Å². The van der Waals surface area contributed by atoms with E-state index in [1.54, 1.807) is 24.3 Å². The van der Waals surface area contributed by atoms with Crippen molar-refractivity contribution in [1.29, 1.82) is 0 Å². The molecule has 1 aromatic heterocycles. The molecule has 1 heterocycles. The number of para-hydroxylation sites is 1. The van der Waals surface area contributed by atoms with Gasteiger partial charge in [0.2, 0.25) is 0 Å². The van der Waals surface area contributed by atoms with E-state index in [4.69, 9.17) is 4.42 Å². The molecule has 0 saturated heterocycles. The van der Waals surface area contributed by atoms with E-state index in [1.165, 1.54) is 12.3 Å². The fourth-order valence-electron chi connectivity index (χ4n) is 2.11. The van der Waals surface area contributed by atoms with Crippen molar-refractivity contribution in [2.75, 3.05) is 0 Å². The Morgan fingerprint density at radius 3 is 2.79 bits per heavy atom. The fourth-order valence-corrected chi connectivity index (χ4v) is 2.11.